The Morgan fingerprint density at radius 2 is 2.14 bits per heavy atom. The second-order valence-electron chi connectivity index (χ2n) is 5.47. The van der Waals surface area contributed by atoms with Crippen molar-refractivity contribution < 1.29 is 4.74 Å². The summed E-state index contributed by atoms with van der Waals surface area (Å²) in [4.78, 5) is 6.74. The van der Waals surface area contributed by atoms with Gasteiger partial charge in [0, 0.05) is 24.7 Å². The van der Waals surface area contributed by atoms with E-state index >= 15 is 0 Å². The number of hydrogen-bond donors (Lipinski definition) is 0. The van der Waals surface area contributed by atoms with Gasteiger partial charge in [-0.2, -0.15) is 5.26 Å². The number of benzene rings is 1. The molecule has 0 aliphatic carbocycles. The molecule has 4 nitrogen and oxygen atoms in total. The molecule has 0 amide bonds. The van der Waals surface area contributed by atoms with Gasteiger partial charge < -0.3 is 9.64 Å². The zero-order valence-corrected chi connectivity index (χ0v) is 12.8. The molecule has 0 spiro atoms. The van der Waals surface area contributed by atoms with Crippen molar-refractivity contribution in [1.29, 1.82) is 5.26 Å². The Kier molecular flexibility index (Phi) is 4.99. The van der Waals surface area contributed by atoms with Crippen molar-refractivity contribution in [3.05, 3.63) is 30.5 Å². The average molecular weight is 283 g/mol. The molecule has 1 aromatic heterocycles. The maximum atomic E-state index is 8.87. The van der Waals surface area contributed by atoms with Gasteiger partial charge in [0.2, 0.25) is 0 Å². The summed E-state index contributed by atoms with van der Waals surface area (Å²) in [5.41, 5.74) is 0. The molecule has 0 N–H and O–H groups in total. The molecule has 0 saturated heterocycles. The van der Waals surface area contributed by atoms with Gasteiger partial charge in [0.05, 0.1) is 19.6 Å². The maximum absolute atomic E-state index is 8.87. The number of nitriles is 1. The summed E-state index contributed by atoms with van der Waals surface area (Å²) in [5, 5.41) is 11.1. The van der Waals surface area contributed by atoms with Crippen molar-refractivity contribution >= 4 is 16.6 Å². The minimum absolute atomic E-state index is 0.495. The molecule has 110 valence electrons. The minimum atomic E-state index is 0.495. The molecular weight excluding hydrogens is 262 g/mol. The van der Waals surface area contributed by atoms with Crippen LogP contribution in [0.4, 0.5) is 5.82 Å². The van der Waals surface area contributed by atoms with Crippen molar-refractivity contribution in [2.24, 2.45) is 5.92 Å². The minimum Gasteiger partial charge on any atom is -0.497 e. The third-order valence-corrected chi connectivity index (χ3v) is 3.33. The maximum Gasteiger partial charge on any atom is 0.136 e. The molecule has 21 heavy (non-hydrogen) atoms. The van der Waals surface area contributed by atoms with Crippen LogP contribution >= 0.6 is 0 Å². The predicted octanol–water partition coefficient (Wildman–Crippen LogP) is 3.62. The van der Waals surface area contributed by atoms with E-state index in [1.807, 2.05) is 30.5 Å². The van der Waals surface area contributed by atoms with Crippen molar-refractivity contribution in [2.45, 2.75) is 20.3 Å². The van der Waals surface area contributed by atoms with Crippen LogP contribution in [0, 0.1) is 17.2 Å². The Balaban J connectivity index is 2.47. The lowest BCUT2D eigenvalue weighted by atomic mass is 10.1. The van der Waals surface area contributed by atoms with Gasteiger partial charge >= 0.3 is 0 Å². The fraction of sp³-hybridized carbons (Fsp3) is 0.412. The monoisotopic (exact) mass is 283 g/mol. The van der Waals surface area contributed by atoms with Gasteiger partial charge in [0.25, 0.3) is 0 Å². The highest BCUT2D eigenvalue weighted by Crippen LogP contribution is 2.28. The second-order valence-corrected chi connectivity index (χ2v) is 5.47. The summed E-state index contributed by atoms with van der Waals surface area (Å²) < 4.78 is 5.32. The highest BCUT2D eigenvalue weighted by atomic mass is 16.5. The van der Waals surface area contributed by atoms with E-state index in [2.05, 4.69) is 29.8 Å². The van der Waals surface area contributed by atoms with Crippen molar-refractivity contribution in [3.8, 4) is 11.8 Å². The molecule has 0 saturated carbocycles. The van der Waals surface area contributed by atoms with Crippen LogP contribution in [0.5, 0.6) is 5.75 Å². The first kappa shape index (κ1) is 15.1. The number of pyridine rings is 1. The molecule has 4 heteroatoms. The summed E-state index contributed by atoms with van der Waals surface area (Å²) in [7, 11) is 1.67. The highest BCUT2D eigenvalue weighted by Gasteiger charge is 2.13. The Morgan fingerprint density at radius 3 is 2.81 bits per heavy atom. The summed E-state index contributed by atoms with van der Waals surface area (Å²) >= 11 is 0. The largest absolute Gasteiger partial charge is 0.497 e. The van der Waals surface area contributed by atoms with E-state index in [9.17, 15) is 0 Å². The number of ether oxygens (including phenoxy) is 1. The molecule has 2 aromatic rings. The van der Waals surface area contributed by atoms with Gasteiger partial charge in [-0.25, -0.2) is 4.98 Å². The zero-order chi connectivity index (χ0) is 15.2. The Hall–Kier alpha value is -2.28. The molecule has 0 atom stereocenters. The molecule has 0 aliphatic heterocycles. The van der Waals surface area contributed by atoms with Crippen LogP contribution in [-0.2, 0) is 0 Å². The van der Waals surface area contributed by atoms with E-state index in [0.717, 1.165) is 28.9 Å². The molecule has 0 unspecified atom stereocenters. The van der Waals surface area contributed by atoms with Gasteiger partial charge in [-0.1, -0.05) is 19.9 Å². The standard InChI is InChI=1S/C17H21N3O/c1-13(2)12-20(10-4-8-18)17-16-11-15(21-3)6-5-14(16)7-9-19-17/h5-7,9,11,13H,4,10,12H2,1-3H3. The molecule has 1 aromatic carbocycles. The second kappa shape index (κ2) is 6.94. The van der Waals surface area contributed by atoms with Crippen LogP contribution < -0.4 is 9.64 Å². The van der Waals surface area contributed by atoms with E-state index in [-0.39, 0.29) is 0 Å². The Labute approximate surface area is 126 Å². The SMILES string of the molecule is COc1ccc2ccnc(N(CCC#N)CC(C)C)c2c1. The van der Waals surface area contributed by atoms with Crippen LogP contribution in [0.2, 0.25) is 0 Å². The number of rotatable bonds is 6. The smallest absolute Gasteiger partial charge is 0.136 e. The van der Waals surface area contributed by atoms with E-state index < -0.39 is 0 Å². The molecular formula is C17H21N3O. The normalized spacial score (nSPS) is 10.6. The molecule has 0 bridgehead atoms. The third-order valence-electron chi connectivity index (χ3n) is 3.33. The molecule has 0 fully saturated rings. The lowest BCUT2D eigenvalue weighted by Crippen LogP contribution is -2.29. The predicted molar refractivity (Wildman–Crippen MR) is 85.6 cm³/mol. The van der Waals surface area contributed by atoms with Crippen LogP contribution in [-0.4, -0.2) is 25.2 Å². The van der Waals surface area contributed by atoms with Gasteiger partial charge in [-0.3, -0.25) is 0 Å². The molecule has 2 rings (SSSR count). The molecule has 0 aliphatic rings. The highest BCUT2D eigenvalue weighted by molar-refractivity contribution is 5.93. The number of fused-ring (bicyclic) bond motifs is 1. The summed E-state index contributed by atoms with van der Waals surface area (Å²) in [5.74, 6) is 2.25. The van der Waals surface area contributed by atoms with Crippen LogP contribution in [0.3, 0.4) is 0 Å². The van der Waals surface area contributed by atoms with Gasteiger partial charge in [0.1, 0.15) is 11.6 Å². The first-order valence-corrected chi connectivity index (χ1v) is 7.20. The first-order valence-electron chi connectivity index (χ1n) is 7.20. The van der Waals surface area contributed by atoms with Crippen LogP contribution in [0.15, 0.2) is 30.5 Å². The van der Waals surface area contributed by atoms with E-state index in [0.29, 0.717) is 18.9 Å². The van der Waals surface area contributed by atoms with Crippen molar-refractivity contribution in [1.82, 2.24) is 4.98 Å². The van der Waals surface area contributed by atoms with Crippen molar-refractivity contribution in [2.75, 3.05) is 25.1 Å². The van der Waals surface area contributed by atoms with E-state index in [4.69, 9.17) is 10.00 Å². The lowest BCUT2D eigenvalue weighted by Gasteiger charge is -2.26. The zero-order valence-electron chi connectivity index (χ0n) is 12.8. The quantitative estimate of drug-likeness (QED) is 0.812. The van der Waals surface area contributed by atoms with Crippen LogP contribution in [0.1, 0.15) is 20.3 Å². The van der Waals surface area contributed by atoms with Gasteiger partial charge in [-0.15, -0.1) is 0 Å². The summed E-state index contributed by atoms with van der Waals surface area (Å²) in [6.07, 6.45) is 2.32. The molecule has 0 radical (unpaired) electrons. The van der Waals surface area contributed by atoms with Gasteiger partial charge in [0.15, 0.2) is 0 Å². The average Bonchev–Trinajstić information content (AvgIpc) is 2.50. The number of hydrogen-bond acceptors (Lipinski definition) is 4. The summed E-state index contributed by atoms with van der Waals surface area (Å²) in [6, 6.07) is 10.2. The first-order chi connectivity index (χ1) is 10.2. The third kappa shape index (κ3) is 3.63. The number of anilines is 1. The van der Waals surface area contributed by atoms with E-state index in [1.54, 1.807) is 7.11 Å². The number of aromatic nitrogens is 1. The molecule has 1 heterocycles. The summed E-state index contributed by atoms with van der Waals surface area (Å²) in [6.45, 7) is 5.92. The van der Waals surface area contributed by atoms with E-state index in [1.165, 1.54) is 0 Å². The lowest BCUT2D eigenvalue weighted by molar-refractivity contribution is 0.415. The topological polar surface area (TPSA) is 49.1 Å². The number of nitrogens with zero attached hydrogens (tertiary/aromatic N) is 3. The number of methoxy groups -OCH3 is 1. The fourth-order valence-electron chi connectivity index (χ4n) is 2.42. The Morgan fingerprint density at radius 1 is 1.33 bits per heavy atom. The van der Waals surface area contributed by atoms with Gasteiger partial charge in [-0.05, 0) is 29.5 Å². The fourth-order valence-corrected chi connectivity index (χ4v) is 2.42. The van der Waals surface area contributed by atoms with Crippen molar-refractivity contribution in [3.63, 3.8) is 0 Å². The Bertz CT molecular complexity index is 646. The van der Waals surface area contributed by atoms with Crippen LogP contribution in [0.25, 0.3) is 10.8 Å².